The van der Waals surface area contributed by atoms with Gasteiger partial charge in [0.1, 0.15) is 17.0 Å². The molecule has 1 aliphatic heterocycles. The summed E-state index contributed by atoms with van der Waals surface area (Å²) in [5.74, 6) is -1.92. The van der Waals surface area contributed by atoms with E-state index in [0.717, 1.165) is 6.07 Å². The molecule has 1 aromatic carbocycles. The Morgan fingerprint density at radius 3 is 2.79 bits per heavy atom. The molecule has 0 radical (unpaired) electrons. The maximum atomic E-state index is 14.3. The van der Waals surface area contributed by atoms with E-state index < -0.39 is 32.9 Å². The van der Waals surface area contributed by atoms with Crippen molar-refractivity contribution < 1.29 is 31.4 Å². The molecule has 4 rings (SSSR count). The van der Waals surface area contributed by atoms with Crippen LogP contribution in [-0.2, 0) is 20.4 Å². The van der Waals surface area contributed by atoms with Crippen molar-refractivity contribution in [1.82, 2.24) is 5.16 Å². The van der Waals surface area contributed by atoms with Crippen molar-refractivity contribution in [2.45, 2.75) is 31.6 Å². The first-order valence-corrected chi connectivity index (χ1v) is 10.2. The average Bonchev–Trinajstić information content (AvgIpc) is 3.36. The van der Waals surface area contributed by atoms with Crippen molar-refractivity contribution in [3.63, 3.8) is 0 Å². The number of oxime groups is 1. The van der Waals surface area contributed by atoms with Crippen LogP contribution in [0, 0.1) is 5.82 Å². The summed E-state index contributed by atoms with van der Waals surface area (Å²) in [6, 6.07) is 5.24. The highest BCUT2D eigenvalue weighted by Crippen LogP contribution is 2.30. The van der Waals surface area contributed by atoms with Crippen LogP contribution >= 0.6 is 0 Å². The highest BCUT2D eigenvalue weighted by atomic mass is 32.2. The quantitative estimate of drug-likeness (QED) is 0.686. The molecular formula is C18H16FN3O6S. The van der Waals surface area contributed by atoms with E-state index >= 15 is 0 Å². The van der Waals surface area contributed by atoms with Gasteiger partial charge in [0.15, 0.2) is 22.2 Å². The molecule has 0 bridgehead atoms. The molecule has 0 unspecified atom stereocenters. The Morgan fingerprint density at radius 1 is 1.34 bits per heavy atom. The van der Waals surface area contributed by atoms with Crippen molar-refractivity contribution in [3.8, 4) is 0 Å². The predicted molar refractivity (Wildman–Crippen MR) is 100 cm³/mol. The molecule has 0 spiro atoms. The highest BCUT2D eigenvalue weighted by Gasteiger charge is 2.36. The van der Waals surface area contributed by atoms with Gasteiger partial charge in [-0.25, -0.2) is 12.8 Å². The number of amides is 1. The van der Waals surface area contributed by atoms with Crippen LogP contribution in [0.5, 0.6) is 0 Å². The zero-order valence-electron chi connectivity index (χ0n) is 15.4. The second-order valence-corrected chi connectivity index (χ2v) is 9.15. The van der Waals surface area contributed by atoms with Gasteiger partial charge < -0.3 is 19.1 Å². The van der Waals surface area contributed by atoms with Crippen molar-refractivity contribution >= 4 is 37.4 Å². The molecule has 11 heteroatoms. The lowest BCUT2D eigenvalue weighted by atomic mass is 10.1. The third-order valence-corrected chi connectivity index (χ3v) is 5.88. The SMILES string of the molecule is CC1(C)CC(S(=O)(=O)Cc2noc3cc(F)c(NC(=O)c4ccco4)cc23)=NO1. The summed E-state index contributed by atoms with van der Waals surface area (Å²) >= 11 is 0. The number of carbonyl (C=O) groups is 1. The molecule has 152 valence electrons. The van der Waals surface area contributed by atoms with E-state index in [1.165, 1.54) is 24.5 Å². The minimum absolute atomic E-state index is 0.000485. The summed E-state index contributed by atoms with van der Waals surface area (Å²) in [6.45, 7) is 3.45. The van der Waals surface area contributed by atoms with Gasteiger partial charge in [-0.1, -0.05) is 10.3 Å². The molecule has 0 saturated heterocycles. The Kier molecular flexibility index (Phi) is 4.41. The molecule has 3 heterocycles. The summed E-state index contributed by atoms with van der Waals surface area (Å²) in [4.78, 5) is 17.2. The number of benzene rings is 1. The van der Waals surface area contributed by atoms with Crippen LogP contribution in [0.2, 0.25) is 0 Å². The van der Waals surface area contributed by atoms with E-state index in [0.29, 0.717) is 0 Å². The average molecular weight is 421 g/mol. The monoisotopic (exact) mass is 421 g/mol. The Morgan fingerprint density at radius 2 is 2.14 bits per heavy atom. The first-order valence-electron chi connectivity index (χ1n) is 8.55. The second-order valence-electron chi connectivity index (χ2n) is 7.16. The number of rotatable bonds is 4. The smallest absolute Gasteiger partial charge is 0.291 e. The van der Waals surface area contributed by atoms with Crippen molar-refractivity contribution in [1.29, 1.82) is 0 Å². The summed E-state index contributed by atoms with van der Waals surface area (Å²) < 4.78 is 49.7. The fourth-order valence-corrected chi connectivity index (χ4v) is 4.29. The van der Waals surface area contributed by atoms with E-state index in [4.69, 9.17) is 13.8 Å². The predicted octanol–water partition coefficient (Wildman–Crippen LogP) is 3.24. The number of aromatic nitrogens is 1. The summed E-state index contributed by atoms with van der Waals surface area (Å²) in [5.41, 5.74) is -0.751. The van der Waals surface area contributed by atoms with Crippen LogP contribution in [0.3, 0.4) is 0 Å². The topological polar surface area (TPSA) is 124 Å². The number of nitrogens with zero attached hydrogens (tertiary/aromatic N) is 2. The molecule has 1 amide bonds. The largest absolute Gasteiger partial charge is 0.459 e. The lowest BCUT2D eigenvalue weighted by molar-refractivity contribution is 0.0123. The summed E-state index contributed by atoms with van der Waals surface area (Å²) in [5, 5.41) is 9.96. The Balaban J connectivity index is 1.63. The third kappa shape index (κ3) is 3.73. The minimum Gasteiger partial charge on any atom is -0.459 e. The van der Waals surface area contributed by atoms with E-state index in [-0.39, 0.29) is 39.6 Å². The van der Waals surface area contributed by atoms with Crippen LogP contribution in [-0.4, -0.2) is 30.1 Å². The number of sulfone groups is 1. The molecule has 0 atom stereocenters. The number of fused-ring (bicyclic) bond motifs is 1. The van der Waals surface area contributed by atoms with Crippen LogP contribution in [0.25, 0.3) is 11.0 Å². The van der Waals surface area contributed by atoms with E-state index in [1.807, 2.05) is 0 Å². The molecule has 1 N–H and O–H groups in total. The maximum absolute atomic E-state index is 14.3. The molecule has 3 aromatic rings. The van der Waals surface area contributed by atoms with Gasteiger partial charge >= 0.3 is 0 Å². The van der Waals surface area contributed by atoms with Crippen molar-refractivity contribution in [3.05, 3.63) is 47.8 Å². The van der Waals surface area contributed by atoms with Gasteiger partial charge in [-0.05, 0) is 32.0 Å². The fraction of sp³-hybridized carbons (Fsp3) is 0.278. The highest BCUT2D eigenvalue weighted by molar-refractivity contribution is 8.05. The lowest BCUT2D eigenvalue weighted by Crippen LogP contribution is -2.23. The molecular weight excluding hydrogens is 405 g/mol. The molecule has 29 heavy (non-hydrogen) atoms. The van der Waals surface area contributed by atoms with Crippen LogP contribution in [0.15, 0.2) is 44.6 Å². The van der Waals surface area contributed by atoms with Crippen molar-refractivity contribution in [2.24, 2.45) is 5.16 Å². The number of anilines is 1. The summed E-state index contributed by atoms with van der Waals surface area (Å²) in [6.07, 6.45) is 1.44. The van der Waals surface area contributed by atoms with Crippen LogP contribution in [0.1, 0.15) is 36.5 Å². The minimum atomic E-state index is -3.82. The first kappa shape index (κ1) is 19.1. The zero-order chi connectivity index (χ0) is 20.8. The van der Waals surface area contributed by atoms with Crippen LogP contribution < -0.4 is 5.32 Å². The zero-order valence-corrected chi connectivity index (χ0v) is 16.2. The Bertz CT molecular complexity index is 1230. The number of nitrogens with one attached hydrogen (secondary N) is 1. The lowest BCUT2D eigenvalue weighted by Gasteiger charge is -2.13. The molecule has 2 aromatic heterocycles. The van der Waals surface area contributed by atoms with Gasteiger partial charge in [-0.3, -0.25) is 4.79 Å². The number of hydrogen-bond acceptors (Lipinski definition) is 8. The number of carbonyl (C=O) groups excluding carboxylic acids is 1. The van der Waals surface area contributed by atoms with Crippen LogP contribution in [0.4, 0.5) is 10.1 Å². The van der Waals surface area contributed by atoms with Gasteiger partial charge in [0.25, 0.3) is 5.91 Å². The molecule has 0 saturated carbocycles. The third-order valence-electron chi connectivity index (χ3n) is 4.28. The van der Waals surface area contributed by atoms with Gasteiger partial charge in [-0.2, -0.15) is 0 Å². The standard InChI is InChI=1S/C18H16FN3O6S/c1-18(2)8-16(22-28-18)29(24,25)9-13-10-6-12(11(19)7-15(10)27-21-13)20-17(23)14-4-3-5-26-14/h3-7H,8-9H2,1-2H3,(H,20,23). The van der Waals surface area contributed by atoms with Gasteiger partial charge in [0.2, 0.25) is 9.84 Å². The van der Waals surface area contributed by atoms with E-state index in [9.17, 15) is 17.6 Å². The molecule has 9 nitrogen and oxygen atoms in total. The number of hydrogen-bond donors (Lipinski definition) is 1. The van der Waals surface area contributed by atoms with E-state index in [1.54, 1.807) is 13.8 Å². The Labute approximate surface area is 164 Å². The van der Waals surface area contributed by atoms with Gasteiger partial charge in [0.05, 0.1) is 12.0 Å². The number of halogens is 1. The molecule has 0 aliphatic carbocycles. The first-order chi connectivity index (χ1) is 13.6. The second kappa shape index (κ2) is 6.69. The summed E-state index contributed by atoms with van der Waals surface area (Å²) in [7, 11) is -3.82. The normalized spacial score (nSPS) is 15.9. The van der Waals surface area contributed by atoms with Gasteiger partial charge in [-0.15, -0.1) is 0 Å². The van der Waals surface area contributed by atoms with Gasteiger partial charge in [0, 0.05) is 17.9 Å². The molecule has 0 fully saturated rings. The molecule has 1 aliphatic rings. The maximum Gasteiger partial charge on any atom is 0.291 e. The number of furan rings is 1. The Hall–Kier alpha value is -3.21. The van der Waals surface area contributed by atoms with E-state index in [2.05, 4.69) is 15.6 Å². The van der Waals surface area contributed by atoms with Crippen molar-refractivity contribution in [2.75, 3.05) is 5.32 Å². The fourth-order valence-electron chi connectivity index (χ4n) is 2.83.